The number of carboxylic acid groups (broad SMARTS) is 1. The standard InChI is InChI=1S/C14H8O6/c15-7-5-9-10(11(13(7)17)14(18)19)12(16)6-3-1-2-4-8(6)20-9/h1-5,15,17H,(H,18,19). The van der Waals surface area contributed by atoms with Crippen molar-refractivity contribution < 1.29 is 24.5 Å². The molecule has 0 fully saturated rings. The van der Waals surface area contributed by atoms with Crippen LogP contribution in [0.4, 0.5) is 0 Å². The summed E-state index contributed by atoms with van der Waals surface area (Å²) in [6, 6.07) is 7.35. The van der Waals surface area contributed by atoms with Gasteiger partial charge >= 0.3 is 5.97 Å². The molecule has 3 rings (SSSR count). The minimum Gasteiger partial charge on any atom is -0.504 e. The number of hydrogen-bond donors (Lipinski definition) is 3. The normalized spacial score (nSPS) is 11.0. The number of benzene rings is 2. The first-order chi connectivity index (χ1) is 9.50. The van der Waals surface area contributed by atoms with Crippen LogP contribution in [0, 0.1) is 0 Å². The van der Waals surface area contributed by atoms with Gasteiger partial charge in [-0.2, -0.15) is 0 Å². The Morgan fingerprint density at radius 3 is 2.50 bits per heavy atom. The monoisotopic (exact) mass is 272 g/mol. The second-order valence-corrected chi connectivity index (χ2v) is 4.22. The third kappa shape index (κ3) is 1.51. The Labute approximate surface area is 111 Å². The van der Waals surface area contributed by atoms with Crippen LogP contribution in [0.2, 0.25) is 0 Å². The highest BCUT2D eigenvalue weighted by Crippen LogP contribution is 2.35. The Hall–Kier alpha value is -3.02. The van der Waals surface area contributed by atoms with Gasteiger partial charge in [0.2, 0.25) is 5.43 Å². The van der Waals surface area contributed by atoms with E-state index in [9.17, 15) is 19.8 Å². The van der Waals surface area contributed by atoms with Crippen molar-refractivity contribution in [3.05, 3.63) is 46.1 Å². The summed E-state index contributed by atoms with van der Waals surface area (Å²) in [5, 5.41) is 28.2. The molecule has 0 radical (unpaired) electrons. The van der Waals surface area contributed by atoms with Crippen LogP contribution in [-0.2, 0) is 0 Å². The first-order valence-electron chi connectivity index (χ1n) is 5.64. The molecule has 0 atom stereocenters. The first kappa shape index (κ1) is 12.0. The first-order valence-corrected chi connectivity index (χ1v) is 5.64. The van der Waals surface area contributed by atoms with Crippen molar-refractivity contribution in [3.8, 4) is 11.5 Å². The van der Waals surface area contributed by atoms with E-state index in [4.69, 9.17) is 9.52 Å². The van der Waals surface area contributed by atoms with Crippen molar-refractivity contribution in [2.24, 2.45) is 0 Å². The van der Waals surface area contributed by atoms with E-state index in [-0.39, 0.29) is 21.9 Å². The van der Waals surface area contributed by atoms with Crippen LogP contribution in [0.3, 0.4) is 0 Å². The summed E-state index contributed by atoms with van der Waals surface area (Å²) in [5.41, 5.74) is -1.07. The molecule has 3 aromatic rings. The lowest BCUT2D eigenvalue weighted by Crippen LogP contribution is -2.09. The molecule has 0 saturated heterocycles. The van der Waals surface area contributed by atoms with Crippen LogP contribution in [0.1, 0.15) is 10.4 Å². The molecule has 0 aliphatic carbocycles. The summed E-state index contributed by atoms with van der Waals surface area (Å²) in [6.45, 7) is 0. The maximum absolute atomic E-state index is 12.4. The molecule has 0 saturated carbocycles. The van der Waals surface area contributed by atoms with Gasteiger partial charge in [0.1, 0.15) is 16.7 Å². The van der Waals surface area contributed by atoms with Crippen molar-refractivity contribution in [1.82, 2.24) is 0 Å². The molecule has 0 aliphatic heterocycles. The van der Waals surface area contributed by atoms with Crippen LogP contribution in [-0.4, -0.2) is 21.3 Å². The molecule has 0 spiro atoms. The average molecular weight is 272 g/mol. The molecular weight excluding hydrogens is 264 g/mol. The van der Waals surface area contributed by atoms with Gasteiger partial charge in [-0.3, -0.25) is 4.79 Å². The van der Waals surface area contributed by atoms with E-state index in [2.05, 4.69) is 0 Å². The van der Waals surface area contributed by atoms with Crippen LogP contribution in [0.25, 0.3) is 21.9 Å². The van der Waals surface area contributed by atoms with Crippen molar-refractivity contribution in [2.45, 2.75) is 0 Å². The molecule has 6 heteroatoms. The summed E-state index contributed by atoms with van der Waals surface area (Å²) in [6.07, 6.45) is 0. The zero-order valence-electron chi connectivity index (χ0n) is 9.95. The molecular formula is C14H8O6. The van der Waals surface area contributed by atoms with E-state index in [1.165, 1.54) is 6.07 Å². The molecule has 6 nitrogen and oxygen atoms in total. The van der Waals surface area contributed by atoms with Gasteiger partial charge in [-0.1, -0.05) is 12.1 Å². The summed E-state index contributed by atoms with van der Waals surface area (Å²) >= 11 is 0. The second kappa shape index (κ2) is 3.99. The number of phenols is 2. The lowest BCUT2D eigenvalue weighted by atomic mass is 10.0. The minimum atomic E-state index is -1.52. The molecule has 3 N–H and O–H groups in total. The Morgan fingerprint density at radius 1 is 1.10 bits per heavy atom. The molecule has 2 aromatic carbocycles. The predicted octanol–water partition coefficient (Wildman–Crippen LogP) is 2.06. The summed E-state index contributed by atoms with van der Waals surface area (Å²) in [7, 11) is 0. The highest BCUT2D eigenvalue weighted by molar-refractivity contribution is 6.07. The summed E-state index contributed by atoms with van der Waals surface area (Å²) < 4.78 is 5.42. The second-order valence-electron chi connectivity index (χ2n) is 4.22. The zero-order valence-corrected chi connectivity index (χ0v) is 9.95. The fourth-order valence-corrected chi connectivity index (χ4v) is 2.14. The van der Waals surface area contributed by atoms with Gasteiger partial charge in [0.15, 0.2) is 11.5 Å². The smallest absolute Gasteiger partial charge is 0.340 e. The largest absolute Gasteiger partial charge is 0.504 e. The van der Waals surface area contributed by atoms with Gasteiger partial charge in [0.05, 0.1) is 10.8 Å². The van der Waals surface area contributed by atoms with Gasteiger partial charge in [0.25, 0.3) is 0 Å². The third-order valence-electron chi connectivity index (χ3n) is 3.04. The van der Waals surface area contributed by atoms with Gasteiger partial charge < -0.3 is 19.7 Å². The Bertz CT molecular complexity index is 922. The SMILES string of the molecule is O=C(O)c1c(O)c(O)cc2oc3ccccc3c(=O)c12. The van der Waals surface area contributed by atoms with Crippen LogP contribution >= 0.6 is 0 Å². The van der Waals surface area contributed by atoms with Crippen molar-refractivity contribution in [3.63, 3.8) is 0 Å². The fraction of sp³-hybridized carbons (Fsp3) is 0. The third-order valence-corrected chi connectivity index (χ3v) is 3.04. The predicted molar refractivity (Wildman–Crippen MR) is 70.3 cm³/mol. The lowest BCUT2D eigenvalue weighted by molar-refractivity contribution is 0.0695. The summed E-state index contributed by atoms with van der Waals surface area (Å²) in [5.74, 6) is -3.04. The van der Waals surface area contributed by atoms with E-state index >= 15 is 0 Å². The number of phenolic OH excluding ortho intramolecular Hbond substituents is 1. The number of fused-ring (bicyclic) bond motifs is 2. The van der Waals surface area contributed by atoms with E-state index in [1.54, 1.807) is 18.2 Å². The van der Waals surface area contributed by atoms with E-state index in [0.29, 0.717) is 0 Å². The Kier molecular flexibility index (Phi) is 2.40. The van der Waals surface area contributed by atoms with Crippen molar-refractivity contribution in [2.75, 3.05) is 0 Å². The van der Waals surface area contributed by atoms with Crippen LogP contribution in [0.15, 0.2) is 39.5 Å². The molecule has 0 aliphatic rings. The van der Waals surface area contributed by atoms with Gasteiger partial charge in [0, 0.05) is 6.07 Å². The maximum Gasteiger partial charge on any atom is 0.340 e. The molecule has 0 unspecified atom stereocenters. The van der Waals surface area contributed by atoms with Crippen LogP contribution in [0.5, 0.6) is 11.5 Å². The summed E-state index contributed by atoms with van der Waals surface area (Å²) in [4.78, 5) is 23.6. The number of aromatic carboxylic acids is 1. The number of para-hydroxylation sites is 1. The number of rotatable bonds is 1. The minimum absolute atomic E-state index is 0.0959. The topological polar surface area (TPSA) is 108 Å². The lowest BCUT2D eigenvalue weighted by Gasteiger charge is -2.07. The Balaban J connectivity index is 2.66. The highest BCUT2D eigenvalue weighted by atomic mass is 16.4. The average Bonchev–Trinajstić information content (AvgIpc) is 2.41. The fourth-order valence-electron chi connectivity index (χ4n) is 2.14. The van der Waals surface area contributed by atoms with Crippen LogP contribution < -0.4 is 5.43 Å². The quantitative estimate of drug-likeness (QED) is 0.462. The van der Waals surface area contributed by atoms with Gasteiger partial charge in [-0.15, -0.1) is 0 Å². The Morgan fingerprint density at radius 2 is 1.80 bits per heavy atom. The van der Waals surface area contributed by atoms with E-state index in [1.807, 2.05) is 0 Å². The number of hydrogen-bond acceptors (Lipinski definition) is 5. The highest BCUT2D eigenvalue weighted by Gasteiger charge is 2.23. The number of carbonyl (C=O) groups is 1. The maximum atomic E-state index is 12.4. The van der Waals surface area contributed by atoms with Crippen molar-refractivity contribution in [1.29, 1.82) is 0 Å². The van der Waals surface area contributed by atoms with Gasteiger partial charge in [-0.05, 0) is 12.1 Å². The number of carboxylic acids is 1. The molecule has 20 heavy (non-hydrogen) atoms. The molecule has 0 bridgehead atoms. The zero-order chi connectivity index (χ0) is 14.4. The van der Waals surface area contributed by atoms with E-state index in [0.717, 1.165) is 6.07 Å². The molecule has 0 amide bonds. The molecule has 1 heterocycles. The van der Waals surface area contributed by atoms with Gasteiger partial charge in [-0.25, -0.2) is 4.79 Å². The molecule has 100 valence electrons. The number of aromatic hydroxyl groups is 2. The molecule has 1 aromatic heterocycles. The van der Waals surface area contributed by atoms with E-state index < -0.39 is 28.5 Å². The van der Waals surface area contributed by atoms with Crippen molar-refractivity contribution >= 4 is 27.9 Å².